The molecule has 0 heterocycles. The molecule has 2 rings (SSSR count). The summed E-state index contributed by atoms with van der Waals surface area (Å²) in [5, 5.41) is 3.65. The van der Waals surface area contributed by atoms with Gasteiger partial charge in [0.1, 0.15) is 5.75 Å². The highest BCUT2D eigenvalue weighted by Gasteiger charge is 2.11. The van der Waals surface area contributed by atoms with Gasteiger partial charge in [-0.05, 0) is 43.8 Å². The zero-order valence-electron chi connectivity index (χ0n) is 10.8. The summed E-state index contributed by atoms with van der Waals surface area (Å²) < 4.78 is 19.5. The fourth-order valence-electron chi connectivity index (χ4n) is 1.80. The number of aryl methyl sites for hydroxylation is 1. The van der Waals surface area contributed by atoms with Crippen molar-refractivity contribution in [2.75, 3.05) is 7.05 Å². The molecule has 0 aliphatic heterocycles. The van der Waals surface area contributed by atoms with Crippen LogP contribution in [0.15, 0.2) is 36.4 Å². The van der Waals surface area contributed by atoms with E-state index in [9.17, 15) is 4.39 Å². The van der Waals surface area contributed by atoms with Crippen molar-refractivity contribution in [1.29, 1.82) is 0 Å². The first-order valence-electron chi connectivity index (χ1n) is 5.98. The molecule has 0 radical (unpaired) electrons. The first-order valence-corrected chi connectivity index (χ1v) is 6.35. The highest BCUT2D eigenvalue weighted by molar-refractivity contribution is 6.31. The molecule has 4 heteroatoms. The average molecular weight is 280 g/mol. The van der Waals surface area contributed by atoms with Crippen molar-refractivity contribution >= 4 is 11.6 Å². The molecule has 0 saturated carbocycles. The quantitative estimate of drug-likeness (QED) is 0.901. The molecule has 0 fully saturated rings. The highest BCUT2D eigenvalue weighted by atomic mass is 35.5. The van der Waals surface area contributed by atoms with E-state index in [1.807, 2.05) is 13.0 Å². The maximum Gasteiger partial charge on any atom is 0.167 e. The summed E-state index contributed by atoms with van der Waals surface area (Å²) in [4.78, 5) is 0. The lowest BCUT2D eigenvalue weighted by Gasteiger charge is -2.12. The minimum Gasteiger partial charge on any atom is -0.454 e. The van der Waals surface area contributed by atoms with Crippen LogP contribution in [0.5, 0.6) is 11.5 Å². The lowest BCUT2D eigenvalue weighted by Crippen LogP contribution is -2.07. The predicted molar refractivity (Wildman–Crippen MR) is 75.4 cm³/mol. The van der Waals surface area contributed by atoms with Gasteiger partial charge in [-0.2, -0.15) is 0 Å². The maximum absolute atomic E-state index is 13.9. The van der Waals surface area contributed by atoms with Crippen LogP contribution in [0.3, 0.4) is 0 Å². The van der Waals surface area contributed by atoms with Crippen LogP contribution in [-0.4, -0.2) is 7.05 Å². The van der Waals surface area contributed by atoms with Crippen LogP contribution in [-0.2, 0) is 6.54 Å². The smallest absolute Gasteiger partial charge is 0.167 e. The molecule has 2 nitrogen and oxygen atoms in total. The van der Waals surface area contributed by atoms with E-state index in [4.69, 9.17) is 16.3 Å². The predicted octanol–water partition coefficient (Wildman–Crippen LogP) is 4.30. The molecule has 100 valence electrons. The standard InChI is InChI=1S/C15H15ClFNO/c1-10-8-12(6-7-13(10)16)19-15-11(9-18-2)4-3-5-14(15)17/h3-8,18H,9H2,1-2H3. The Bertz CT molecular complexity index is 586. The van der Waals surface area contributed by atoms with Gasteiger partial charge in [0.05, 0.1) is 0 Å². The molecule has 2 aromatic rings. The Balaban J connectivity index is 2.34. The molecule has 1 N–H and O–H groups in total. The zero-order chi connectivity index (χ0) is 13.8. The third-order valence-corrected chi connectivity index (χ3v) is 3.19. The van der Waals surface area contributed by atoms with Crippen molar-refractivity contribution in [3.63, 3.8) is 0 Å². The Morgan fingerprint density at radius 3 is 2.74 bits per heavy atom. The largest absolute Gasteiger partial charge is 0.454 e. The van der Waals surface area contributed by atoms with Crippen molar-refractivity contribution in [3.05, 3.63) is 58.4 Å². The molecular formula is C15H15ClFNO. The van der Waals surface area contributed by atoms with E-state index in [1.165, 1.54) is 6.07 Å². The molecule has 0 aromatic heterocycles. The third kappa shape index (κ3) is 3.25. The van der Waals surface area contributed by atoms with Gasteiger partial charge in [-0.25, -0.2) is 4.39 Å². The van der Waals surface area contributed by atoms with Gasteiger partial charge in [0.25, 0.3) is 0 Å². The Hall–Kier alpha value is -1.58. The van der Waals surface area contributed by atoms with Crippen molar-refractivity contribution in [3.8, 4) is 11.5 Å². The van der Waals surface area contributed by atoms with Gasteiger partial charge < -0.3 is 10.1 Å². The van der Waals surface area contributed by atoms with E-state index >= 15 is 0 Å². The molecular weight excluding hydrogens is 265 g/mol. The SMILES string of the molecule is CNCc1cccc(F)c1Oc1ccc(Cl)c(C)c1. The Morgan fingerprint density at radius 1 is 1.26 bits per heavy atom. The number of para-hydroxylation sites is 1. The van der Waals surface area contributed by atoms with E-state index < -0.39 is 0 Å². The number of benzene rings is 2. The molecule has 2 aromatic carbocycles. The van der Waals surface area contributed by atoms with Gasteiger partial charge in [0.15, 0.2) is 11.6 Å². The summed E-state index contributed by atoms with van der Waals surface area (Å²) >= 11 is 5.96. The van der Waals surface area contributed by atoms with Crippen molar-refractivity contribution in [1.82, 2.24) is 5.32 Å². The Kier molecular flexibility index (Phi) is 4.40. The number of ether oxygens (including phenoxy) is 1. The molecule has 0 saturated heterocycles. The molecule has 0 aliphatic carbocycles. The molecule has 19 heavy (non-hydrogen) atoms. The minimum absolute atomic E-state index is 0.249. The summed E-state index contributed by atoms with van der Waals surface area (Å²) in [5.41, 5.74) is 1.67. The van der Waals surface area contributed by atoms with E-state index in [-0.39, 0.29) is 11.6 Å². The van der Waals surface area contributed by atoms with Gasteiger partial charge in [0, 0.05) is 17.1 Å². The normalized spacial score (nSPS) is 10.5. The Labute approximate surface area is 117 Å². The van der Waals surface area contributed by atoms with Gasteiger partial charge in [-0.3, -0.25) is 0 Å². The molecule has 0 amide bonds. The number of nitrogens with one attached hydrogen (secondary N) is 1. The summed E-state index contributed by atoms with van der Waals surface area (Å²) in [5.74, 6) is 0.447. The van der Waals surface area contributed by atoms with Gasteiger partial charge in [-0.15, -0.1) is 0 Å². The summed E-state index contributed by atoms with van der Waals surface area (Å²) in [6.07, 6.45) is 0. The van der Waals surface area contributed by atoms with Crippen LogP contribution < -0.4 is 10.1 Å². The molecule has 0 atom stereocenters. The fourth-order valence-corrected chi connectivity index (χ4v) is 1.91. The second-order valence-electron chi connectivity index (χ2n) is 4.27. The van der Waals surface area contributed by atoms with E-state index in [1.54, 1.807) is 31.3 Å². The second-order valence-corrected chi connectivity index (χ2v) is 4.68. The van der Waals surface area contributed by atoms with Crippen LogP contribution >= 0.6 is 11.6 Å². The van der Waals surface area contributed by atoms with Crippen molar-refractivity contribution in [2.24, 2.45) is 0 Å². The number of hydrogen-bond donors (Lipinski definition) is 1. The molecule has 0 aliphatic rings. The maximum atomic E-state index is 13.9. The molecule has 0 bridgehead atoms. The van der Waals surface area contributed by atoms with Crippen molar-refractivity contribution in [2.45, 2.75) is 13.5 Å². The number of hydrogen-bond acceptors (Lipinski definition) is 2. The topological polar surface area (TPSA) is 21.3 Å². The highest BCUT2D eigenvalue weighted by Crippen LogP contribution is 2.30. The summed E-state index contributed by atoms with van der Waals surface area (Å²) in [7, 11) is 1.81. The van der Waals surface area contributed by atoms with Gasteiger partial charge in [0.2, 0.25) is 0 Å². The van der Waals surface area contributed by atoms with Gasteiger partial charge in [-0.1, -0.05) is 23.7 Å². The van der Waals surface area contributed by atoms with Crippen LogP contribution in [0.1, 0.15) is 11.1 Å². The number of rotatable bonds is 4. The first kappa shape index (κ1) is 13.8. The van der Waals surface area contributed by atoms with Crippen LogP contribution in [0.25, 0.3) is 0 Å². The van der Waals surface area contributed by atoms with Crippen LogP contribution in [0.4, 0.5) is 4.39 Å². The van der Waals surface area contributed by atoms with Crippen LogP contribution in [0, 0.1) is 12.7 Å². The van der Waals surface area contributed by atoms with Crippen LogP contribution in [0.2, 0.25) is 5.02 Å². The number of halogens is 2. The Morgan fingerprint density at radius 2 is 2.05 bits per heavy atom. The molecule has 0 unspecified atom stereocenters. The minimum atomic E-state index is -0.375. The van der Waals surface area contributed by atoms with Crippen molar-refractivity contribution < 1.29 is 9.13 Å². The average Bonchev–Trinajstić information content (AvgIpc) is 2.38. The van der Waals surface area contributed by atoms with E-state index in [0.29, 0.717) is 17.3 Å². The van der Waals surface area contributed by atoms with Gasteiger partial charge >= 0.3 is 0 Å². The zero-order valence-corrected chi connectivity index (χ0v) is 11.6. The first-order chi connectivity index (χ1) is 9.11. The monoisotopic (exact) mass is 279 g/mol. The molecule has 0 spiro atoms. The summed E-state index contributed by atoms with van der Waals surface area (Å²) in [6, 6.07) is 10.1. The lowest BCUT2D eigenvalue weighted by molar-refractivity contribution is 0.434. The van der Waals surface area contributed by atoms with E-state index in [2.05, 4.69) is 5.32 Å². The second kappa shape index (κ2) is 6.04. The lowest BCUT2D eigenvalue weighted by atomic mass is 10.2. The third-order valence-electron chi connectivity index (χ3n) is 2.77. The fraction of sp³-hybridized carbons (Fsp3) is 0.200. The van der Waals surface area contributed by atoms with E-state index in [0.717, 1.165) is 11.1 Å². The summed E-state index contributed by atoms with van der Waals surface area (Å²) in [6.45, 7) is 2.42.